The number of hydrogen-bond acceptors (Lipinski definition) is 3. The van der Waals surface area contributed by atoms with Gasteiger partial charge >= 0.3 is 6.18 Å². The maximum atomic E-state index is 11.8. The lowest BCUT2D eigenvalue weighted by Gasteiger charge is -2.30. The number of alkyl halides is 3. The van der Waals surface area contributed by atoms with E-state index in [9.17, 15) is 13.2 Å². The van der Waals surface area contributed by atoms with Gasteiger partial charge in [-0.25, -0.2) is 0 Å². The molecule has 0 aromatic heterocycles. The summed E-state index contributed by atoms with van der Waals surface area (Å²) in [6, 6.07) is 0.0663. The highest BCUT2D eigenvalue weighted by Crippen LogP contribution is 2.15. The first kappa shape index (κ1) is 14.7. The van der Waals surface area contributed by atoms with E-state index in [1.54, 1.807) is 6.92 Å². The normalized spacial score (nSPS) is 16.8. The molecule has 0 amide bonds. The molecule has 0 heterocycles. The fourth-order valence-electron chi connectivity index (χ4n) is 1.22. The molecular weight excluding hydrogens is 211 g/mol. The standard InChI is InChI=1S/C9H18F3NO2/c1-7(2)13-8(3,4-14)5-15-6-9(10,11)12/h7,13-14H,4-6H2,1-3H3. The van der Waals surface area contributed by atoms with E-state index in [2.05, 4.69) is 10.1 Å². The molecule has 0 saturated carbocycles. The van der Waals surface area contributed by atoms with Gasteiger partial charge in [0.1, 0.15) is 6.61 Å². The van der Waals surface area contributed by atoms with Crippen molar-refractivity contribution >= 4 is 0 Å². The molecule has 3 nitrogen and oxygen atoms in total. The SMILES string of the molecule is CC(C)NC(C)(CO)COCC(F)(F)F. The number of rotatable bonds is 6. The summed E-state index contributed by atoms with van der Waals surface area (Å²) in [6.07, 6.45) is -4.33. The number of aliphatic hydroxyl groups is 1. The number of nitrogens with one attached hydrogen (secondary N) is 1. The minimum atomic E-state index is -4.33. The first-order chi connectivity index (χ1) is 6.68. The van der Waals surface area contributed by atoms with Crippen molar-refractivity contribution in [3.63, 3.8) is 0 Å². The Morgan fingerprint density at radius 1 is 1.27 bits per heavy atom. The van der Waals surface area contributed by atoms with Gasteiger partial charge in [0.25, 0.3) is 0 Å². The van der Waals surface area contributed by atoms with Gasteiger partial charge in [-0.1, -0.05) is 13.8 Å². The van der Waals surface area contributed by atoms with Crippen molar-refractivity contribution < 1.29 is 23.0 Å². The van der Waals surface area contributed by atoms with Crippen LogP contribution < -0.4 is 5.32 Å². The van der Waals surface area contributed by atoms with Crippen molar-refractivity contribution in [3.05, 3.63) is 0 Å². The molecule has 0 aromatic carbocycles. The van der Waals surface area contributed by atoms with E-state index >= 15 is 0 Å². The van der Waals surface area contributed by atoms with E-state index in [1.807, 2.05) is 13.8 Å². The zero-order valence-electron chi connectivity index (χ0n) is 9.19. The molecule has 6 heteroatoms. The van der Waals surface area contributed by atoms with Gasteiger partial charge in [-0.2, -0.15) is 13.2 Å². The summed E-state index contributed by atoms with van der Waals surface area (Å²) in [4.78, 5) is 0. The Hall–Kier alpha value is -0.330. The van der Waals surface area contributed by atoms with Gasteiger partial charge in [-0.15, -0.1) is 0 Å². The maximum Gasteiger partial charge on any atom is 0.411 e. The van der Waals surface area contributed by atoms with Crippen LogP contribution >= 0.6 is 0 Å². The maximum absolute atomic E-state index is 11.8. The van der Waals surface area contributed by atoms with Crippen LogP contribution in [0, 0.1) is 0 Å². The van der Waals surface area contributed by atoms with Gasteiger partial charge < -0.3 is 15.2 Å². The molecule has 0 aliphatic rings. The lowest BCUT2D eigenvalue weighted by Crippen LogP contribution is -2.52. The predicted octanol–water partition coefficient (Wildman–Crippen LogP) is 1.31. The topological polar surface area (TPSA) is 41.5 Å². The van der Waals surface area contributed by atoms with Crippen LogP contribution in [0.3, 0.4) is 0 Å². The highest BCUT2D eigenvalue weighted by Gasteiger charge is 2.30. The Morgan fingerprint density at radius 3 is 2.13 bits per heavy atom. The summed E-state index contributed by atoms with van der Waals surface area (Å²) in [7, 11) is 0. The molecular formula is C9H18F3NO2. The monoisotopic (exact) mass is 229 g/mol. The Bertz CT molecular complexity index is 185. The van der Waals surface area contributed by atoms with Crippen LogP contribution in [-0.4, -0.2) is 42.7 Å². The zero-order valence-corrected chi connectivity index (χ0v) is 9.19. The molecule has 0 radical (unpaired) electrons. The second kappa shape index (κ2) is 5.67. The first-order valence-corrected chi connectivity index (χ1v) is 4.71. The molecule has 0 spiro atoms. The predicted molar refractivity (Wildman–Crippen MR) is 50.6 cm³/mol. The largest absolute Gasteiger partial charge is 0.411 e. The average Bonchev–Trinajstić information content (AvgIpc) is 2.00. The van der Waals surface area contributed by atoms with Crippen molar-refractivity contribution in [2.24, 2.45) is 0 Å². The fourth-order valence-corrected chi connectivity index (χ4v) is 1.22. The summed E-state index contributed by atoms with van der Waals surface area (Å²) in [5.41, 5.74) is -0.834. The summed E-state index contributed by atoms with van der Waals surface area (Å²) in [6.45, 7) is 3.56. The molecule has 0 aliphatic heterocycles. The molecule has 0 fully saturated rings. The quantitative estimate of drug-likeness (QED) is 0.721. The third-order valence-corrected chi connectivity index (χ3v) is 1.67. The van der Waals surface area contributed by atoms with Crippen molar-refractivity contribution in [2.75, 3.05) is 19.8 Å². The van der Waals surface area contributed by atoms with E-state index < -0.39 is 18.3 Å². The minimum Gasteiger partial charge on any atom is -0.394 e. The highest BCUT2D eigenvalue weighted by molar-refractivity contribution is 4.83. The Kier molecular flexibility index (Phi) is 5.55. The molecule has 92 valence electrons. The zero-order chi connectivity index (χ0) is 12.1. The van der Waals surface area contributed by atoms with Crippen molar-refractivity contribution in [1.29, 1.82) is 0 Å². The number of aliphatic hydroxyl groups excluding tert-OH is 1. The smallest absolute Gasteiger partial charge is 0.394 e. The summed E-state index contributed by atoms with van der Waals surface area (Å²) in [5, 5.41) is 12.0. The fraction of sp³-hybridized carbons (Fsp3) is 1.00. The van der Waals surface area contributed by atoms with Crippen molar-refractivity contribution in [1.82, 2.24) is 5.32 Å². The van der Waals surface area contributed by atoms with Gasteiger partial charge in [0, 0.05) is 6.04 Å². The van der Waals surface area contributed by atoms with E-state index in [1.165, 1.54) is 0 Å². The van der Waals surface area contributed by atoms with Crippen LogP contribution in [0.5, 0.6) is 0 Å². The van der Waals surface area contributed by atoms with Crippen LogP contribution in [0.1, 0.15) is 20.8 Å². The lowest BCUT2D eigenvalue weighted by atomic mass is 10.0. The minimum absolute atomic E-state index is 0.0663. The van der Waals surface area contributed by atoms with Gasteiger partial charge in [-0.05, 0) is 6.92 Å². The molecule has 0 saturated heterocycles. The third kappa shape index (κ3) is 7.58. The first-order valence-electron chi connectivity index (χ1n) is 4.71. The third-order valence-electron chi connectivity index (χ3n) is 1.67. The lowest BCUT2D eigenvalue weighted by molar-refractivity contribution is -0.179. The second-order valence-electron chi connectivity index (χ2n) is 4.13. The summed E-state index contributed by atoms with van der Waals surface area (Å²) < 4.78 is 39.9. The Morgan fingerprint density at radius 2 is 1.80 bits per heavy atom. The highest BCUT2D eigenvalue weighted by atomic mass is 19.4. The Labute approximate surface area is 87.6 Å². The van der Waals surface area contributed by atoms with Gasteiger partial charge in [0.2, 0.25) is 0 Å². The molecule has 2 N–H and O–H groups in total. The van der Waals surface area contributed by atoms with Gasteiger partial charge in [0.15, 0.2) is 0 Å². The number of ether oxygens (including phenoxy) is 1. The van der Waals surface area contributed by atoms with Crippen molar-refractivity contribution in [2.45, 2.75) is 38.5 Å². The van der Waals surface area contributed by atoms with Gasteiger partial charge in [0.05, 0.1) is 18.8 Å². The number of hydrogen-bond donors (Lipinski definition) is 2. The van der Waals surface area contributed by atoms with E-state index in [-0.39, 0.29) is 19.3 Å². The summed E-state index contributed by atoms with van der Waals surface area (Å²) >= 11 is 0. The van der Waals surface area contributed by atoms with Crippen molar-refractivity contribution in [3.8, 4) is 0 Å². The van der Waals surface area contributed by atoms with Crippen LogP contribution in [-0.2, 0) is 4.74 Å². The molecule has 0 aliphatic carbocycles. The molecule has 0 rings (SSSR count). The van der Waals surface area contributed by atoms with Crippen LogP contribution in [0.15, 0.2) is 0 Å². The second-order valence-corrected chi connectivity index (χ2v) is 4.13. The summed E-state index contributed by atoms with van der Waals surface area (Å²) in [5.74, 6) is 0. The van der Waals surface area contributed by atoms with Crippen LogP contribution in [0.2, 0.25) is 0 Å². The average molecular weight is 229 g/mol. The van der Waals surface area contributed by atoms with Crippen LogP contribution in [0.25, 0.3) is 0 Å². The van der Waals surface area contributed by atoms with E-state index in [4.69, 9.17) is 5.11 Å². The van der Waals surface area contributed by atoms with E-state index in [0.717, 1.165) is 0 Å². The molecule has 15 heavy (non-hydrogen) atoms. The Balaban J connectivity index is 3.99. The molecule has 0 bridgehead atoms. The van der Waals surface area contributed by atoms with E-state index in [0.29, 0.717) is 0 Å². The van der Waals surface area contributed by atoms with Gasteiger partial charge in [-0.3, -0.25) is 0 Å². The molecule has 1 atom stereocenters. The molecule has 0 aromatic rings. The number of halogens is 3. The van der Waals surface area contributed by atoms with Crippen LogP contribution in [0.4, 0.5) is 13.2 Å². The molecule has 1 unspecified atom stereocenters.